The number of amides is 1. The van der Waals surface area contributed by atoms with Crippen molar-refractivity contribution in [3.8, 4) is 22.5 Å². The lowest BCUT2D eigenvalue weighted by atomic mass is 10.1. The van der Waals surface area contributed by atoms with Gasteiger partial charge in [-0.2, -0.15) is 5.10 Å². The van der Waals surface area contributed by atoms with Gasteiger partial charge in [0.15, 0.2) is 5.65 Å². The molecule has 0 atom stereocenters. The average molecular weight is 494 g/mol. The molecule has 1 amide bonds. The van der Waals surface area contributed by atoms with E-state index in [0.717, 1.165) is 33.2 Å². The third kappa shape index (κ3) is 4.20. The summed E-state index contributed by atoms with van der Waals surface area (Å²) in [4.78, 5) is 22.8. The van der Waals surface area contributed by atoms with Crippen molar-refractivity contribution in [2.24, 2.45) is 0 Å². The second-order valence-corrected chi connectivity index (χ2v) is 9.20. The molecular formula is C29H24ClN5O. The fourth-order valence-electron chi connectivity index (χ4n) is 4.65. The van der Waals surface area contributed by atoms with E-state index in [4.69, 9.17) is 21.7 Å². The van der Waals surface area contributed by atoms with Gasteiger partial charge in [-0.1, -0.05) is 84.4 Å². The van der Waals surface area contributed by atoms with E-state index in [1.807, 2.05) is 102 Å². The molecule has 1 aliphatic rings. The van der Waals surface area contributed by atoms with Gasteiger partial charge in [-0.3, -0.25) is 4.79 Å². The number of halogens is 1. The SMILES string of the molecule is O=C(c1cc(-c2ccccc2)nc2cc(-c3ccccc3)nn12)N1CCN(c2ccccc2Cl)CC1. The van der Waals surface area contributed by atoms with Crippen LogP contribution in [0.25, 0.3) is 28.2 Å². The fourth-order valence-corrected chi connectivity index (χ4v) is 4.91. The summed E-state index contributed by atoms with van der Waals surface area (Å²) in [6.07, 6.45) is 0. The lowest BCUT2D eigenvalue weighted by Gasteiger charge is -2.36. The Morgan fingerprint density at radius 1 is 0.722 bits per heavy atom. The van der Waals surface area contributed by atoms with E-state index in [2.05, 4.69) is 4.90 Å². The molecule has 0 N–H and O–H groups in total. The first-order valence-electron chi connectivity index (χ1n) is 12.0. The zero-order chi connectivity index (χ0) is 24.5. The molecule has 7 heteroatoms. The van der Waals surface area contributed by atoms with Crippen molar-refractivity contribution in [3.05, 3.63) is 108 Å². The molecule has 0 unspecified atom stereocenters. The molecule has 2 aromatic heterocycles. The Labute approximate surface area is 214 Å². The van der Waals surface area contributed by atoms with Gasteiger partial charge >= 0.3 is 0 Å². The molecule has 0 aliphatic carbocycles. The highest BCUT2D eigenvalue weighted by atomic mass is 35.5. The highest BCUT2D eigenvalue weighted by Crippen LogP contribution is 2.28. The van der Waals surface area contributed by atoms with Crippen LogP contribution in [0.2, 0.25) is 5.02 Å². The minimum absolute atomic E-state index is 0.0545. The van der Waals surface area contributed by atoms with Gasteiger partial charge in [0.05, 0.1) is 22.1 Å². The number of benzene rings is 3. The third-order valence-electron chi connectivity index (χ3n) is 6.55. The van der Waals surface area contributed by atoms with Crippen molar-refractivity contribution in [1.82, 2.24) is 19.5 Å². The maximum absolute atomic E-state index is 13.8. The number of piperazine rings is 1. The van der Waals surface area contributed by atoms with Gasteiger partial charge in [0, 0.05) is 43.4 Å². The Hall–Kier alpha value is -4.16. The fraction of sp³-hybridized carbons (Fsp3) is 0.138. The number of rotatable bonds is 4. The van der Waals surface area contributed by atoms with Crippen LogP contribution in [-0.4, -0.2) is 51.6 Å². The zero-order valence-electron chi connectivity index (χ0n) is 19.6. The van der Waals surface area contributed by atoms with Crippen LogP contribution in [-0.2, 0) is 0 Å². The highest BCUT2D eigenvalue weighted by Gasteiger charge is 2.26. The van der Waals surface area contributed by atoms with Crippen LogP contribution in [0.15, 0.2) is 97.1 Å². The second-order valence-electron chi connectivity index (χ2n) is 8.79. The highest BCUT2D eigenvalue weighted by molar-refractivity contribution is 6.33. The molecule has 0 saturated carbocycles. The van der Waals surface area contributed by atoms with Gasteiger partial charge < -0.3 is 9.80 Å². The maximum atomic E-state index is 13.8. The Kier molecular flexibility index (Phi) is 5.87. The summed E-state index contributed by atoms with van der Waals surface area (Å²) < 4.78 is 1.68. The number of carbonyl (C=O) groups excluding carboxylic acids is 1. The maximum Gasteiger partial charge on any atom is 0.272 e. The van der Waals surface area contributed by atoms with Crippen LogP contribution in [0.1, 0.15) is 10.5 Å². The van der Waals surface area contributed by atoms with Crippen LogP contribution in [0.3, 0.4) is 0 Å². The van der Waals surface area contributed by atoms with E-state index in [9.17, 15) is 4.79 Å². The van der Waals surface area contributed by atoms with Crippen molar-refractivity contribution in [1.29, 1.82) is 0 Å². The molecule has 6 rings (SSSR count). The number of anilines is 1. The Bertz CT molecular complexity index is 1530. The van der Waals surface area contributed by atoms with Gasteiger partial charge in [-0.15, -0.1) is 0 Å². The van der Waals surface area contributed by atoms with Crippen LogP contribution in [0.5, 0.6) is 0 Å². The van der Waals surface area contributed by atoms with Crippen LogP contribution in [0, 0.1) is 0 Å². The predicted octanol–water partition coefficient (Wildman–Crippen LogP) is 5.68. The van der Waals surface area contributed by atoms with Crippen LogP contribution < -0.4 is 4.90 Å². The number of aromatic nitrogens is 3. The van der Waals surface area contributed by atoms with Gasteiger partial charge in [0.2, 0.25) is 0 Å². The average Bonchev–Trinajstić information content (AvgIpc) is 3.38. The molecule has 6 nitrogen and oxygen atoms in total. The predicted molar refractivity (Wildman–Crippen MR) is 143 cm³/mol. The van der Waals surface area contributed by atoms with E-state index in [0.29, 0.717) is 37.5 Å². The summed E-state index contributed by atoms with van der Waals surface area (Å²) in [5, 5.41) is 5.51. The monoisotopic (exact) mass is 493 g/mol. The molecule has 1 aliphatic heterocycles. The minimum atomic E-state index is -0.0545. The standard InChI is InChI=1S/C29H24ClN5O/c30-23-13-7-8-14-26(23)33-15-17-34(18-16-33)29(36)27-19-24(21-9-3-1-4-10-21)31-28-20-25(32-35(27)28)22-11-5-2-6-12-22/h1-14,19-20H,15-18H2. The molecule has 0 bridgehead atoms. The number of fused-ring (bicyclic) bond motifs is 1. The van der Waals surface area contributed by atoms with Crippen LogP contribution >= 0.6 is 11.6 Å². The van der Waals surface area contributed by atoms with E-state index < -0.39 is 0 Å². The molecule has 178 valence electrons. The molecule has 1 saturated heterocycles. The summed E-state index contributed by atoms with van der Waals surface area (Å²) in [6, 6.07) is 31.5. The first-order valence-corrected chi connectivity index (χ1v) is 12.4. The van der Waals surface area contributed by atoms with Gasteiger partial charge in [-0.05, 0) is 18.2 Å². The molecule has 5 aromatic rings. The van der Waals surface area contributed by atoms with E-state index in [-0.39, 0.29) is 5.91 Å². The summed E-state index contributed by atoms with van der Waals surface area (Å²) in [6.45, 7) is 2.62. The van der Waals surface area contributed by atoms with Gasteiger partial charge in [0.25, 0.3) is 5.91 Å². The largest absolute Gasteiger partial charge is 0.367 e. The zero-order valence-corrected chi connectivity index (χ0v) is 20.3. The topological polar surface area (TPSA) is 53.7 Å². The Morgan fingerprint density at radius 3 is 2.00 bits per heavy atom. The number of nitrogens with zero attached hydrogens (tertiary/aromatic N) is 5. The molecule has 36 heavy (non-hydrogen) atoms. The molecular weight excluding hydrogens is 470 g/mol. The molecule has 3 heterocycles. The summed E-state index contributed by atoms with van der Waals surface area (Å²) in [5.74, 6) is -0.0545. The molecule has 3 aromatic carbocycles. The minimum Gasteiger partial charge on any atom is -0.367 e. The summed E-state index contributed by atoms with van der Waals surface area (Å²) in [5.41, 5.74) is 5.63. The van der Waals surface area contributed by atoms with Crippen molar-refractivity contribution in [2.45, 2.75) is 0 Å². The second kappa shape index (κ2) is 9.47. The number of carbonyl (C=O) groups is 1. The van der Waals surface area contributed by atoms with Gasteiger partial charge in [-0.25, -0.2) is 9.50 Å². The number of hydrogen-bond donors (Lipinski definition) is 0. The quantitative estimate of drug-likeness (QED) is 0.323. The Morgan fingerprint density at radius 2 is 1.33 bits per heavy atom. The van der Waals surface area contributed by atoms with E-state index >= 15 is 0 Å². The van der Waals surface area contributed by atoms with Crippen LogP contribution in [0.4, 0.5) is 5.69 Å². The number of hydrogen-bond acceptors (Lipinski definition) is 4. The van der Waals surface area contributed by atoms with Gasteiger partial charge in [0.1, 0.15) is 5.69 Å². The summed E-state index contributed by atoms with van der Waals surface area (Å²) >= 11 is 6.41. The summed E-state index contributed by atoms with van der Waals surface area (Å²) in [7, 11) is 0. The van der Waals surface area contributed by atoms with Crippen molar-refractivity contribution in [3.63, 3.8) is 0 Å². The Balaban J connectivity index is 1.36. The lowest BCUT2D eigenvalue weighted by molar-refractivity contribution is 0.0738. The first-order chi connectivity index (χ1) is 17.7. The first kappa shape index (κ1) is 22.3. The van der Waals surface area contributed by atoms with Crippen molar-refractivity contribution in [2.75, 3.05) is 31.1 Å². The molecule has 0 spiro atoms. The number of para-hydroxylation sites is 1. The lowest BCUT2D eigenvalue weighted by Crippen LogP contribution is -2.49. The van der Waals surface area contributed by atoms with E-state index in [1.54, 1.807) is 4.52 Å². The van der Waals surface area contributed by atoms with Crippen molar-refractivity contribution >= 4 is 28.8 Å². The van der Waals surface area contributed by atoms with E-state index in [1.165, 1.54) is 0 Å². The molecule has 1 fully saturated rings. The van der Waals surface area contributed by atoms with Crippen molar-refractivity contribution < 1.29 is 4.79 Å². The third-order valence-corrected chi connectivity index (χ3v) is 6.87. The molecule has 0 radical (unpaired) electrons. The normalized spacial score (nSPS) is 13.8. The smallest absolute Gasteiger partial charge is 0.272 e.